The smallest absolute Gasteiger partial charge is 0.123 e. The molecule has 20 heavy (non-hydrogen) atoms. The minimum atomic E-state index is -0.250. The second-order valence-electron chi connectivity index (χ2n) is 5.80. The fourth-order valence-corrected chi connectivity index (χ4v) is 2.48. The summed E-state index contributed by atoms with van der Waals surface area (Å²) in [6, 6.07) is 14.9. The van der Waals surface area contributed by atoms with Gasteiger partial charge in [0.1, 0.15) is 5.82 Å². The Balaban J connectivity index is 2.34. The van der Waals surface area contributed by atoms with E-state index in [0.717, 1.165) is 17.5 Å². The van der Waals surface area contributed by atoms with Crippen LogP contribution in [-0.2, 0) is 11.8 Å². The van der Waals surface area contributed by atoms with Gasteiger partial charge in [-0.15, -0.1) is 0 Å². The number of hydrogen-bond donors (Lipinski definition) is 1. The number of hydrogen-bond acceptors (Lipinski definition) is 1. The molecule has 0 saturated heterocycles. The molecule has 0 radical (unpaired) electrons. The van der Waals surface area contributed by atoms with Gasteiger partial charge >= 0.3 is 0 Å². The molecule has 0 spiro atoms. The predicted molar refractivity (Wildman–Crippen MR) is 82.2 cm³/mol. The fraction of sp³-hybridized carbons (Fsp3) is 0.333. The highest BCUT2D eigenvalue weighted by Gasteiger charge is 2.29. The van der Waals surface area contributed by atoms with E-state index in [9.17, 15) is 4.39 Å². The van der Waals surface area contributed by atoms with Crippen LogP contribution in [0.2, 0.25) is 0 Å². The molecule has 0 aliphatic carbocycles. The minimum Gasteiger partial charge on any atom is -0.323 e. The SMILES string of the molecule is CCc1cccc(C(N)C(C)(C)c2ccc(F)cc2)c1. The highest BCUT2D eigenvalue weighted by atomic mass is 19.1. The lowest BCUT2D eigenvalue weighted by molar-refractivity contribution is 0.420. The van der Waals surface area contributed by atoms with Crippen molar-refractivity contribution < 1.29 is 4.39 Å². The molecule has 1 nitrogen and oxygen atoms in total. The van der Waals surface area contributed by atoms with E-state index in [2.05, 4.69) is 45.0 Å². The van der Waals surface area contributed by atoms with E-state index in [-0.39, 0.29) is 17.3 Å². The van der Waals surface area contributed by atoms with E-state index >= 15 is 0 Å². The number of aryl methyl sites for hydroxylation is 1. The zero-order valence-electron chi connectivity index (χ0n) is 12.4. The van der Waals surface area contributed by atoms with Gasteiger partial charge < -0.3 is 5.73 Å². The lowest BCUT2D eigenvalue weighted by Gasteiger charge is -2.33. The summed E-state index contributed by atoms with van der Waals surface area (Å²) in [6.07, 6.45) is 0.998. The summed E-state index contributed by atoms with van der Waals surface area (Å²) in [4.78, 5) is 0. The molecule has 1 atom stereocenters. The summed E-state index contributed by atoms with van der Waals surface area (Å²) in [6.45, 7) is 6.34. The number of halogens is 1. The van der Waals surface area contributed by atoms with Crippen LogP contribution in [0.4, 0.5) is 4.39 Å². The van der Waals surface area contributed by atoms with Crippen molar-refractivity contribution in [2.45, 2.75) is 38.6 Å². The highest BCUT2D eigenvalue weighted by molar-refractivity contribution is 5.33. The summed E-state index contributed by atoms with van der Waals surface area (Å²) in [5.41, 5.74) is 9.68. The Morgan fingerprint density at radius 3 is 2.35 bits per heavy atom. The van der Waals surface area contributed by atoms with Gasteiger partial charge in [-0.1, -0.05) is 57.2 Å². The molecule has 2 aromatic carbocycles. The first kappa shape index (κ1) is 14.7. The van der Waals surface area contributed by atoms with Gasteiger partial charge in [-0.2, -0.15) is 0 Å². The van der Waals surface area contributed by atoms with E-state index in [0.29, 0.717) is 0 Å². The van der Waals surface area contributed by atoms with E-state index < -0.39 is 0 Å². The van der Waals surface area contributed by atoms with E-state index in [1.807, 2.05) is 12.1 Å². The maximum absolute atomic E-state index is 13.1. The van der Waals surface area contributed by atoms with Crippen LogP contribution in [0, 0.1) is 5.82 Å². The minimum absolute atomic E-state index is 0.125. The largest absolute Gasteiger partial charge is 0.323 e. The van der Waals surface area contributed by atoms with E-state index in [4.69, 9.17) is 5.73 Å². The number of nitrogens with two attached hydrogens (primary N) is 1. The van der Waals surface area contributed by atoms with Crippen molar-refractivity contribution in [2.24, 2.45) is 5.73 Å². The third-order valence-corrected chi connectivity index (χ3v) is 4.08. The van der Waals surface area contributed by atoms with Crippen molar-refractivity contribution in [3.8, 4) is 0 Å². The molecule has 2 N–H and O–H groups in total. The zero-order chi connectivity index (χ0) is 14.8. The molecule has 106 valence electrons. The Hall–Kier alpha value is -1.67. The van der Waals surface area contributed by atoms with Crippen molar-refractivity contribution in [3.05, 3.63) is 71.0 Å². The van der Waals surface area contributed by atoms with Crippen molar-refractivity contribution in [3.63, 3.8) is 0 Å². The third kappa shape index (κ3) is 2.91. The zero-order valence-corrected chi connectivity index (χ0v) is 12.4. The second-order valence-corrected chi connectivity index (χ2v) is 5.80. The van der Waals surface area contributed by atoms with Crippen LogP contribution in [0.15, 0.2) is 48.5 Å². The molecule has 0 saturated carbocycles. The quantitative estimate of drug-likeness (QED) is 0.878. The Labute approximate surface area is 120 Å². The van der Waals surface area contributed by atoms with Gasteiger partial charge in [0.25, 0.3) is 0 Å². The van der Waals surface area contributed by atoms with Crippen molar-refractivity contribution >= 4 is 0 Å². The predicted octanol–water partition coefficient (Wildman–Crippen LogP) is 4.37. The van der Waals surface area contributed by atoms with Crippen LogP contribution >= 0.6 is 0 Å². The van der Waals surface area contributed by atoms with Gasteiger partial charge in [-0.3, -0.25) is 0 Å². The highest BCUT2D eigenvalue weighted by Crippen LogP contribution is 2.35. The van der Waals surface area contributed by atoms with Crippen LogP contribution in [0.3, 0.4) is 0 Å². The molecule has 0 fully saturated rings. The second kappa shape index (κ2) is 5.76. The van der Waals surface area contributed by atoms with Crippen LogP contribution in [0.5, 0.6) is 0 Å². The molecule has 2 aromatic rings. The van der Waals surface area contributed by atoms with Crippen molar-refractivity contribution in [1.29, 1.82) is 0 Å². The maximum Gasteiger partial charge on any atom is 0.123 e. The summed E-state index contributed by atoms with van der Waals surface area (Å²) in [5.74, 6) is -0.217. The van der Waals surface area contributed by atoms with Gasteiger partial charge in [-0.05, 0) is 35.2 Å². The summed E-state index contributed by atoms with van der Waals surface area (Å²) < 4.78 is 13.1. The lowest BCUT2D eigenvalue weighted by atomic mass is 9.75. The molecule has 0 bridgehead atoms. The lowest BCUT2D eigenvalue weighted by Crippen LogP contribution is -2.33. The van der Waals surface area contributed by atoms with Crippen molar-refractivity contribution in [2.75, 3.05) is 0 Å². The molecule has 0 aliphatic heterocycles. The van der Waals surface area contributed by atoms with E-state index in [1.54, 1.807) is 0 Å². The number of rotatable bonds is 4. The van der Waals surface area contributed by atoms with Gasteiger partial charge in [0.2, 0.25) is 0 Å². The standard InChI is InChI=1S/C18H22FN/c1-4-13-6-5-7-14(12-13)17(20)18(2,3)15-8-10-16(19)11-9-15/h5-12,17H,4,20H2,1-3H3. The van der Waals surface area contributed by atoms with Gasteiger partial charge in [0.15, 0.2) is 0 Å². The van der Waals surface area contributed by atoms with Gasteiger partial charge in [-0.25, -0.2) is 4.39 Å². The van der Waals surface area contributed by atoms with Crippen LogP contribution in [0.1, 0.15) is 43.5 Å². The topological polar surface area (TPSA) is 26.0 Å². The molecule has 0 amide bonds. The Kier molecular flexibility index (Phi) is 4.24. The third-order valence-electron chi connectivity index (χ3n) is 4.08. The number of benzene rings is 2. The van der Waals surface area contributed by atoms with Gasteiger partial charge in [0.05, 0.1) is 0 Å². The Bertz CT molecular complexity index is 572. The average molecular weight is 271 g/mol. The maximum atomic E-state index is 13.1. The van der Waals surface area contributed by atoms with Crippen LogP contribution in [-0.4, -0.2) is 0 Å². The molecule has 1 unspecified atom stereocenters. The first-order valence-corrected chi connectivity index (χ1v) is 7.05. The molecule has 0 aromatic heterocycles. The molecular weight excluding hydrogens is 249 g/mol. The molecule has 2 rings (SSSR count). The first-order valence-electron chi connectivity index (χ1n) is 7.05. The molecule has 0 heterocycles. The normalized spacial score (nSPS) is 13.2. The summed E-state index contributed by atoms with van der Waals surface area (Å²) >= 11 is 0. The fourth-order valence-electron chi connectivity index (χ4n) is 2.48. The van der Waals surface area contributed by atoms with Crippen LogP contribution in [0.25, 0.3) is 0 Å². The van der Waals surface area contributed by atoms with Gasteiger partial charge in [0, 0.05) is 11.5 Å². The van der Waals surface area contributed by atoms with E-state index in [1.165, 1.54) is 17.7 Å². The molecular formula is C18H22FN. The summed E-state index contributed by atoms with van der Waals surface area (Å²) in [7, 11) is 0. The Morgan fingerprint density at radius 1 is 1.10 bits per heavy atom. The average Bonchev–Trinajstić information content (AvgIpc) is 2.47. The summed E-state index contributed by atoms with van der Waals surface area (Å²) in [5, 5.41) is 0. The first-order chi connectivity index (χ1) is 9.45. The Morgan fingerprint density at radius 2 is 1.75 bits per heavy atom. The van der Waals surface area contributed by atoms with Crippen LogP contribution < -0.4 is 5.73 Å². The van der Waals surface area contributed by atoms with Crippen molar-refractivity contribution in [1.82, 2.24) is 0 Å². The molecule has 0 aliphatic rings. The molecule has 2 heteroatoms. The monoisotopic (exact) mass is 271 g/mol.